The van der Waals surface area contributed by atoms with Gasteiger partial charge >= 0.3 is 0 Å². The van der Waals surface area contributed by atoms with E-state index in [-0.39, 0.29) is 18.7 Å². The molecule has 0 aliphatic carbocycles. The molecule has 0 aliphatic rings. The van der Waals surface area contributed by atoms with Crippen LogP contribution >= 0.6 is 34.5 Å². The Morgan fingerprint density at radius 1 is 1.25 bits per heavy atom. The average molecular weight is 437 g/mol. The van der Waals surface area contributed by atoms with Gasteiger partial charge in [-0.15, -0.1) is 11.3 Å². The summed E-state index contributed by atoms with van der Waals surface area (Å²) in [5, 5.41) is 28.0. The molecule has 0 saturated heterocycles. The number of para-hydroxylation sites is 1. The van der Waals surface area contributed by atoms with Gasteiger partial charge in [-0.1, -0.05) is 47.5 Å². The van der Waals surface area contributed by atoms with Crippen molar-refractivity contribution in [2.24, 2.45) is 5.10 Å². The molecule has 0 fully saturated rings. The predicted octanol–water partition coefficient (Wildman–Crippen LogP) is 5.03. The summed E-state index contributed by atoms with van der Waals surface area (Å²) in [4.78, 5) is 15.1. The Morgan fingerprint density at radius 3 is 2.75 bits per heavy atom. The zero-order valence-corrected chi connectivity index (χ0v) is 16.6. The molecule has 2 aromatic carbocycles. The molecule has 0 unspecified atom stereocenters. The van der Waals surface area contributed by atoms with E-state index in [1.54, 1.807) is 30.3 Å². The maximum atomic E-state index is 11.1. The van der Waals surface area contributed by atoms with E-state index >= 15 is 0 Å². The molecule has 144 valence electrons. The SMILES string of the molecule is O=[N+]([O-])c1ccccc1C/C(CO)=N\Nc1nc(-c2ccc(Cl)c(Cl)c2)cs1. The summed E-state index contributed by atoms with van der Waals surface area (Å²) in [5.74, 6) is 0. The van der Waals surface area contributed by atoms with Crippen LogP contribution < -0.4 is 5.43 Å². The number of rotatable bonds is 7. The number of aliphatic hydroxyl groups excluding tert-OH is 1. The number of hydrazone groups is 1. The highest BCUT2D eigenvalue weighted by molar-refractivity contribution is 7.14. The van der Waals surface area contributed by atoms with Crippen LogP contribution in [0.2, 0.25) is 10.0 Å². The highest BCUT2D eigenvalue weighted by Gasteiger charge is 2.14. The molecule has 0 radical (unpaired) electrons. The molecule has 3 aromatic rings. The van der Waals surface area contributed by atoms with Crippen molar-refractivity contribution in [3.8, 4) is 11.3 Å². The van der Waals surface area contributed by atoms with Crippen molar-refractivity contribution in [2.45, 2.75) is 6.42 Å². The first-order valence-electron chi connectivity index (χ1n) is 8.03. The van der Waals surface area contributed by atoms with Gasteiger partial charge in [-0.3, -0.25) is 15.5 Å². The van der Waals surface area contributed by atoms with Gasteiger partial charge in [-0.25, -0.2) is 4.98 Å². The number of hydrogen-bond donors (Lipinski definition) is 2. The molecule has 0 bridgehead atoms. The Hall–Kier alpha value is -2.52. The monoisotopic (exact) mass is 436 g/mol. The van der Waals surface area contributed by atoms with Crippen molar-refractivity contribution < 1.29 is 10.0 Å². The van der Waals surface area contributed by atoms with Crippen LogP contribution in [0.25, 0.3) is 11.3 Å². The van der Waals surface area contributed by atoms with Crippen molar-refractivity contribution in [1.82, 2.24) is 4.98 Å². The lowest BCUT2D eigenvalue weighted by molar-refractivity contribution is -0.385. The fraction of sp³-hybridized carbons (Fsp3) is 0.111. The number of benzene rings is 2. The highest BCUT2D eigenvalue weighted by atomic mass is 35.5. The van der Waals surface area contributed by atoms with Gasteiger partial charge in [0.2, 0.25) is 5.13 Å². The quantitative estimate of drug-likeness (QED) is 0.307. The van der Waals surface area contributed by atoms with Crippen LogP contribution in [0.1, 0.15) is 5.56 Å². The van der Waals surface area contributed by atoms with Crippen molar-refractivity contribution in [2.75, 3.05) is 12.0 Å². The van der Waals surface area contributed by atoms with E-state index in [2.05, 4.69) is 15.5 Å². The number of nitrogens with one attached hydrogen (secondary N) is 1. The molecule has 3 rings (SSSR count). The number of nitrogens with zero attached hydrogens (tertiary/aromatic N) is 3. The number of anilines is 1. The Bertz CT molecular complexity index is 1040. The van der Waals surface area contributed by atoms with Crippen molar-refractivity contribution in [3.63, 3.8) is 0 Å². The minimum Gasteiger partial charge on any atom is -0.390 e. The molecular formula is C18H14Cl2N4O3S. The first-order valence-corrected chi connectivity index (χ1v) is 9.67. The molecule has 1 aromatic heterocycles. The van der Waals surface area contributed by atoms with Crippen LogP contribution in [0.4, 0.5) is 10.8 Å². The molecule has 10 heteroatoms. The number of halogens is 2. The average Bonchev–Trinajstić information content (AvgIpc) is 3.16. The van der Waals surface area contributed by atoms with Crippen LogP contribution in [0.5, 0.6) is 0 Å². The summed E-state index contributed by atoms with van der Waals surface area (Å²) in [5.41, 5.74) is 5.10. The van der Waals surface area contributed by atoms with Crippen LogP contribution in [-0.2, 0) is 6.42 Å². The van der Waals surface area contributed by atoms with E-state index in [0.717, 1.165) is 5.56 Å². The van der Waals surface area contributed by atoms with Gasteiger partial charge in [0.1, 0.15) is 0 Å². The normalized spacial score (nSPS) is 11.5. The summed E-state index contributed by atoms with van der Waals surface area (Å²) in [7, 11) is 0. The molecule has 0 amide bonds. The van der Waals surface area contributed by atoms with Gasteiger partial charge in [0, 0.05) is 29.0 Å². The third-order valence-electron chi connectivity index (χ3n) is 3.79. The molecule has 0 saturated carbocycles. The predicted molar refractivity (Wildman–Crippen MR) is 113 cm³/mol. The van der Waals surface area contributed by atoms with E-state index in [1.807, 2.05) is 11.4 Å². The van der Waals surface area contributed by atoms with Crippen LogP contribution in [0.3, 0.4) is 0 Å². The topological polar surface area (TPSA) is 101 Å². The summed E-state index contributed by atoms with van der Waals surface area (Å²) >= 11 is 13.3. The number of aromatic nitrogens is 1. The van der Waals surface area contributed by atoms with Crippen LogP contribution in [0.15, 0.2) is 52.9 Å². The minimum atomic E-state index is -0.456. The van der Waals surface area contributed by atoms with Crippen LogP contribution in [0, 0.1) is 10.1 Å². The largest absolute Gasteiger partial charge is 0.390 e. The lowest BCUT2D eigenvalue weighted by atomic mass is 10.1. The zero-order chi connectivity index (χ0) is 20.1. The second-order valence-corrected chi connectivity index (χ2v) is 7.35. The smallest absolute Gasteiger partial charge is 0.272 e. The van der Waals surface area contributed by atoms with E-state index in [9.17, 15) is 15.2 Å². The van der Waals surface area contributed by atoms with Crippen LogP contribution in [-0.4, -0.2) is 27.3 Å². The van der Waals surface area contributed by atoms with Gasteiger partial charge in [-0.05, 0) is 12.1 Å². The Kier molecular flexibility index (Phi) is 6.58. The molecule has 0 atom stereocenters. The van der Waals surface area contributed by atoms with E-state index in [4.69, 9.17) is 23.2 Å². The first kappa shape index (κ1) is 20.2. The van der Waals surface area contributed by atoms with E-state index in [0.29, 0.717) is 32.1 Å². The molecular weight excluding hydrogens is 423 g/mol. The Balaban J connectivity index is 1.74. The van der Waals surface area contributed by atoms with Gasteiger partial charge in [0.15, 0.2) is 0 Å². The molecule has 7 nitrogen and oxygen atoms in total. The summed E-state index contributed by atoms with van der Waals surface area (Å²) < 4.78 is 0. The lowest BCUT2D eigenvalue weighted by Gasteiger charge is -2.05. The molecule has 0 spiro atoms. The highest BCUT2D eigenvalue weighted by Crippen LogP contribution is 2.30. The van der Waals surface area contributed by atoms with Gasteiger partial charge in [0.25, 0.3) is 5.69 Å². The van der Waals surface area contributed by atoms with Gasteiger partial charge < -0.3 is 5.11 Å². The van der Waals surface area contributed by atoms with Crippen molar-refractivity contribution in [1.29, 1.82) is 0 Å². The minimum absolute atomic E-state index is 0.0141. The Morgan fingerprint density at radius 2 is 2.04 bits per heavy atom. The first-order chi connectivity index (χ1) is 13.5. The Labute approximate surface area is 174 Å². The third kappa shape index (κ3) is 4.85. The fourth-order valence-corrected chi connectivity index (χ4v) is 3.39. The third-order valence-corrected chi connectivity index (χ3v) is 5.28. The maximum absolute atomic E-state index is 11.1. The number of hydrogen-bond acceptors (Lipinski definition) is 7. The molecule has 28 heavy (non-hydrogen) atoms. The molecule has 0 aliphatic heterocycles. The second-order valence-electron chi connectivity index (χ2n) is 5.68. The number of thiazole rings is 1. The van der Waals surface area contributed by atoms with Crippen molar-refractivity contribution in [3.05, 3.63) is 73.6 Å². The number of nitro groups is 1. The van der Waals surface area contributed by atoms with E-state index in [1.165, 1.54) is 17.4 Å². The maximum Gasteiger partial charge on any atom is 0.272 e. The number of aliphatic hydroxyl groups is 1. The second kappa shape index (κ2) is 9.11. The molecule has 2 N–H and O–H groups in total. The fourth-order valence-electron chi connectivity index (χ4n) is 2.43. The summed E-state index contributed by atoms with van der Waals surface area (Å²) in [6, 6.07) is 11.6. The number of nitro benzene ring substituents is 1. The zero-order valence-electron chi connectivity index (χ0n) is 14.3. The van der Waals surface area contributed by atoms with Gasteiger partial charge in [0.05, 0.1) is 33.0 Å². The van der Waals surface area contributed by atoms with Gasteiger partial charge in [-0.2, -0.15) is 5.10 Å². The molecule has 1 heterocycles. The summed E-state index contributed by atoms with van der Waals surface area (Å²) in [6.45, 7) is -0.343. The lowest BCUT2D eigenvalue weighted by Crippen LogP contribution is -2.12. The standard InChI is InChI=1S/C18H14Cl2N4O3S/c19-14-6-5-11(8-15(14)20)16-10-28-18(21-16)23-22-13(9-25)7-12-3-1-2-4-17(12)24(26)27/h1-6,8,10,25H,7,9H2,(H,21,23)/b22-13+. The van der Waals surface area contributed by atoms with Crippen molar-refractivity contribution >= 4 is 51.1 Å². The van der Waals surface area contributed by atoms with E-state index < -0.39 is 4.92 Å². The summed E-state index contributed by atoms with van der Waals surface area (Å²) in [6.07, 6.45) is 0.145.